The van der Waals surface area contributed by atoms with Crippen LogP contribution in [-0.4, -0.2) is 49.7 Å². The standard InChI is InChI=1S/C14H18Cl2N2O3S/c1-10-8-14(13(16)9-12(10)15)22(20,21)18-5-3-4-17(6-7-18)11(2)19/h8-9H,3-7H2,1-2H3. The maximum Gasteiger partial charge on any atom is 0.244 e. The quantitative estimate of drug-likeness (QED) is 0.809. The summed E-state index contributed by atoms with van der Waals surface area (Å²) in [7, 11) is -3.70. The zero-order valence-corrected chi connectivity index (χ0v) is 14.8. The fourth-order valence-electron chi connectivity index (χ4n) is 2.42. The maximum atomic E-state index is 12.8. The highest BCUT2D eigenvalue weighted by Gasteiger charge is 2.29. The second kappa shape index (κ2) is 6.74. The fraction of sp³-hybridized carbons (Fsp3) is 0.500. The van der Waals surface area contributed by atoms with E-state index < -0.39 is 10.0 Å². The van der Waals surface area contributed by atoms with Gasteiger partial charge in [-0.25, -0.2) is 8.42 Å². The molecule has 1 aliphatic rings. The van der Waals surface area contributed by atoms with Crippen LogP contribution in [-0.2, 0) is 14.8 Å². The molecular weight excluding hydrogens is 347 g/mol. The van der Waals surface area contributed by atoms with E-state index in [9.17, 15) is 13.2 Å². The van der Waals surface area contributed by atoms with Crippen LogP contribution in [0.2, 0.25) is 10.0 Å². The molecular formula is C14H18Cl2N2O3S. The van der Waals surface area contributed by atoms with Gasteiger partial charge in [0.25, 0.3) is 0 Å². The molecule has 1 fully saturated rings. The minimum atomic E-state index is -3.70. The molecule has 2 rings (SSSR count). The molecule has 5 nitrogen and oxygen atoms in total. The van der Waals surface area contributed by atoms with Crippen molar-refractivity contribution in [1.82, 2.24) is 9.21 Å². The van der Waals surface area contributed by atoms with E-state index in [0.29, 0.717) is 36.6 Å². The molecule has 0 bridgehead atoms. The Bertz CT molecular complexity index is 692. The first-order valence-electron chi connectivity index (χ1n) is 6.95. The summed E-state index contributed by atoms with van der Waals surface area (Å²) in [6.45, 7) is 4.80. The van der Waals surface area contributed by atoms with Crippen LogP contribution in [0.3, 0.4) is 0 Å². The Morgan fingerprint density at radius 2 is 1.77 bits per heavy atom. The molecule has 0 aromatic heterocycles. The number of benzene rings is 1. The summed E-state index contributed by atoms with van der Waals surface area (Å²) in [6.07, 6.45) is 0.600. The van der Waals surface area contributed by atoms with Gasteiger partial charge in [-0.05, 0) is 31.0 Å². The summed E-state index contributed by atoms with van der Waals surface area (Å²) in [5.41, 5.74) is 0.657. The van der Waals surface area contributed by atoms with Crippen molar-refractivity contribution in [2.24, 2.45) is 0 Å². The molecule has 0 saturated carbocycles. The van der Waals surface area contributed by atoms with Gasteiger partial charge in [0, 0.05) is 38.1 Å². The molecule has 1 heterocycles. The van der Waals surface area contributed by atoms with Crippen molar-refractivity contribution >= 4 is 39.1 Å². The smallest absolute Gasteiger partial charge is 0.244 e. The average molecular weight is 365 g/mol. The van der Waals surface area contributed by atoms with Gasteiger partial charge in [-0.2, -0.15) is 4.31 Å². The molecule has 8 heteroatoms. The molecule has 0 aliphatic carbocycles. The number of hydrogen-bond acceptors (Lipinski definition) is 3. The van der Waals surface area contributed by atoms with E-state index >= 15 is 0 Å². The van der Waals surface area contributed by atoms with Gasteiger partial charge in [0.05, 0.1) is 5.02 Å². The molecule has 1 aromatic rings. The third-order valence-corrected chi connectivity index (χ3v) is 6.50. The number of sulfonamides is 1. The molecule has 0 atom stereocenters. The zero-order valence-electron chi connectivity index (χ0n) is 12.5. The average Bonchev–Trinajstić information content (AvgIpc) is 2.69. The Morgan fingerprint density at radius 3 is 2.41 bits per heavy atom. The molecule has 0 spiro atoms. The highest BCUT2D eigenvalue weighted by Crippen LogP contribution is 2.30. The molecule has 1 aromatic carbocycles. The number of rotatable bonds is 2. The van der Waals surface area contributed by atoms with Crippen LogP contribution in [0.5, 0.6) is 0 Å². The van der Waals surface area contributed by atoms with Crippen molar-refractivity contribution in [3.63, 3.8) is 0 Å². The molecule has 0 unspecified atom stereocenters. The minimum Gasteiger partial charge on any atom is -0.342 e. The van der Waals surface area contributed by atoms with Gasteiger partial charge in [-0.15, -0.1) is 0 Å². The van der Waals surface area contributed by atoms with Crippen LogP contribution >= 0.6 is 23.2 Å². The molecule has 1 amide bonds. The Labute approximate surface area is 140 Å². The monoisotopic (exact) mass is 364 g/mol. The van der Waals surface area contributed by atoms with Gasteiger partial charge in [0.1, 0.15) is 4.90 Å². The summed E-state index contributed by atoms with van der Waals surface area (Å²) in [4.78, 5) is 13.2. The van der Waals surface area contributed by atoms with Crippen molar-refractivity contribution in [3.05, 3.63) is 27.7 Å². The summed E-state index contributed by atoms with van der Waals surface area (Å²) in [6, 6.07) is 2.94. The number of hydrogen-bond donors (Lipinski definition) is 0. The number of nitrogens with zero attached hydrogens (tertiary/aromatic N) is 2. The van der Waals surface area contributed by atoms with Crippen LogP contribution in [0.15, 0.2) is 17.0 Å². The predicted octanol–water partition coefficient (Wildman–Crippen LogP) is 2.54. The number of halogens is 2. The highest BCUT2D eigenvalue weighted by atomic mass is 35.5. The molecule has 22 heavy (non-hydrogen) atoms. The molecule has 122 valence electrons. The lowest BCUT2D eigenvalue weighted by Crippen LogP contribution is -2.36. The van der Waals surface area contributed by atoms with E-state index in [1.807, 2.05) is 0 Å². The van der Waals surface area contributed by atoms with Crippen LogP contribution < -0.4 is 0 Å². The maximum absolute atomic E-state index is 12.8. The van der Waals surface area contributed by atoms with Crippen LogP contribution in [0.1, 0.15) is 18.9 Å². The summed E-state index contributed by atoms with van der Waals surface area (Å²) in [5, 5.41) is 0.547. The first kappa shape index (κ1) is 17.5. The second-order valence-electron chi connectivity index (χ2n) is 5.30. The molecule has 0 radical (unpaired) electrons. The van der Waals surface area contributed by atoms with E-state index in [1.165, 1.54) is 23.4 Å². The van der Waals surface area contributed by atoms with Gasteiger partial charge in [0.2, 0.25) is 15.9 Å². The zero-order chi connectivity index (χ0) is 16.5. The van der Waals surface area contributed by atoms with E-state index in [0.717, 1.165) is 0 Å². The lowest BCUT2D eigenvalue weighted by atomic mass is 10.2. The van der Waals surface area contributed by atoms with Crippen LogP contribution in [0.25, 0.3) is 0 Å². The minimum absolute atomic E-state index is 0.0420. The third-order valence-electron chi connectivity index (χ3n) is 3.73. The van der Waals surface area contributed by atoms with Gasteiger partial charge < -0.3 is 4.90 Å². The van der Waals surface area contributed by atoms with E-state index in [-0.39, 0.29) is 22.4 Å². The topological polar surface area (TPSA) is 57.7 Å². The van der Waals surface area contributed by atoms with E-state index in [4.69, 9.17) is 23.2 Å². The Morgan fingerprint density at radius 1 is 1.09 bits per heavy atom. The fourth-order valence-corrected chi connectivity index (χ4v) is 4.69. The van der Waals surface area contributed by atoms with Gasteiger partial charge >= 0.3 is 0 Å². The van der Waals surface area contributed by atoms with E-state index in [1.54, 1.807) is 11.8 Å². The molecule has 1 aliphatic heterocycles. The summed E-state index contributed by atoms with van der Waals surface area (Å²) < 4.78 is 27.0. The third kappa shape index (κ3) is 3.56. The lowest BCUT2D eigenvalue weighted by Gasteiger charge is -2.22. The van der Waals surface area contributed by atoms with Crippen molar-refractivity contribution in [2.45, 2.75) is 25.2 Å². The highest BCUT2D eigenvalue weighted by molar-refractivity contribution is 7.89. The summed E-state index contributed by atoms with van der Waals surface area (Å²) >= 11 is 12.0. The summed E-state index contributed by atoms with van der Waals surface area (Å²) in [5.74, 6) is -0.0420. The number of carbonyl (C=O) groups is 1. The Hall–Kier alpha value is -0.820. The largest absolute Gasteiger partial charge is 0.342 e. The second-order valence-corrected chi connectivity index (χ2v) is 8.02. The van der Waals surface area contributed by atoms with Crippen molar-refractivity contribution in [2.75, 3.05) is 26.2 Å². The van der Waals surface area contributed by atoms with Gasteiger partial charge in [-0.1, -0.05) is 23.2 Å². The molecule has 1 saturated heterocycles. The van der Waals surface area contributed by atoms with Crippen molar-refractivity contribution in [3.8, 4) is 0 Å². The van der Waals surface area contributed by atoms with Crippen molar-refractivity contribution in [1.29, 1.82) is 0 Å². The SMILES string of the molecule is CC(=O)N1CCCN(S(=O)(=O)c2cc(C)c(Cl)cc2Cl)CC1. The first-order valence-corrected chi connectivity index (χ1v) is 9.14. The van der Waals surface area contributed by atoms with Crippen LogP contribution in [0, 0.1) is 6.92 Å². The first-order chi connectivity index (χ1) is 10.2. The molecule has 0 N–H and O–H groups in total. The van der Waals surface area contributed by atoms with Crippen molar-refractivity contribution < 1.29 is 13.2 Å². The predicted molar refractivity (Wildman–Crippen MR) is 86.8 cm³/mol. The van der Waals surface area contributed by atoms with Gasteiger partial charge in [0.15, 0.2) is 0 Å². The Kier molecular flexibility index (Phi) is 5.37. The number of carbonyl (C=O) groups excluding carboxylic acids is 1. The number of aryl methyl sites for hydroxylation is 1. The van der Waals surface area contributed by atoms with Crippen LogP contribution in [0.4, 0.5) is 0 Å². The normalized spacial score (nSPS) is 17.4. The Balaban J connectivity index is 2.31. The van der Waals surface area contributed by atoms with Gasteiger partial charge in [-0.3, -0.25) is 4.79 Å². The lowest BCUT2D eigenvalue weighted by molar-refractivity contribution is -0.128. The van der Waals surface area contributed by atoms with E-state index in [2.05, 4.69) is 0 Å². The number of amides is 1.